The first-order chi connectivity index (χ1) is 8.35. The SMILES string of the molecule is NC(=O)C1(Nc2ccccc2Br)CCS(=O)(=O)C1. The van der Waals surface area contributed by atoms with Crippen molar-refractivity contribution in [3.63, 3.8) is 0 Å². The number of sulfone groups is 1. The molecule has 0 saturated carbocycles. The first-order valence-corrected chi connectivity index (χ1v) is 7.99. The minimum absolute atomic E-state index is 0.0204. The summed E-state index contributed by atoms with van der Waals surface area (Å²) in [7, 11) is -3.21. The molecule has 1 atom stereocenters. The van der Waals surface area contributed by atoms with Crippen molar-refractivity contribution < 1.29 is 13.2 Å². The summed E-state index contributed by atoms with van der Waals surface area (Å²) in [6, 6.07) is 7.20. The molecule has 0 radical (unpaired) electrons. The lowest BCUT2D eigenvalue weighted by molar-refractivity contribution is -0.121. The third-order valence-corrected chi connectivity index (χ3v) is 5.48. The van der Waals surface area contributed by atoms with E-state index in [9.17, 15) is 13.2 Å². The van der Waals surface area contributed by atoms with E-state index in [1.54, 1.807) is 18.2 Å². The van der Waals surface area contributed by atoms with Gasteiger partial charge in [0.2, 0.25) is 5.91 Å². The number of nitrogens with two attached hydrogens (primary N) is 1. The van der Waals surface area contributed by atoms with E-state index < -0.39 is 21.3 Å². The first-order valence-electron chi connectivity index (χ1n) is 5.38. The van der Waals surface area contributed by atoms with Crippen LogP contribution in [0.15, 0.2) is 28.7 Å². The van der Waals surface area contributed by atoms with Crippen LogP contribution in [0.4, 0.5) is 5.69 Å². The summed E-state index contributed by atoms with van der Waals surface area (Å²) < 4.78 is 23.9. The zero-order valence-electron chi connectivity index (χ0n) is 9.52. The molecular weight excluding hydrogens is 320 g/mol. The molecule has 18 heavy (non-hydrogen) atoms. The van der Waals surface area contributed by atoms with Gasteiger partial charge < -0.3 is 11.1 Å². The Labute approximate surface area is 114 Å². The van der Waals surface area contributed by atoms with Crippen LogP contribution >= 0.6 is 15.9 Å². The number of para-hydroxylation sites is 1. The van der Waals surface area contributed by atoms with Crippen LogP contribution in [-0.2, 0) is 14.6 Å². The Kier molecular flexibility index (Phi) is 3.37. The number of carbonyl (C=O) groups is 1. The Hall–Kier alpha value is -1.08. The second-order valence-electron chi connectivity index (χ2n) is 4.39. The maximum Gasteiger partial charge on any atom is 0.244 e. The summed E-state index contributed by atoms with van der Waals surface area (Å²) in [6.45, 7) is 0. The van der Waals surface area contributed by atoms with Crippen LogP contribution in [-0.4, -0.2) is 31.4 Å². The van der Waals surface area contributed by atoms with E-state index in [4.69, 9.17) is 5.73 Å². The fourth-order valence-corrected chi connectivity index (χ4v) is 4.32. The molecular formula is C11H13BrN2O3S. The van der Waals surface area contributed by atoms with Gasteiger partial charge in [-0.25, -0.2) is 8.42 Å². The molecule has 2 rings (SSSR count). The van der Waals surface area contributed by atoms with Gasteiger partial charge in [0.1, 0.15) is 5.54 Å². The van der Waals surface area contributed by atoms with Crippen molar-refractivity contribution in [3.8, 4) is 0 Å². The number of hydrogen-bond acceptors (Lipinski definition) is 4. The van der Waals surface area contributed by atoms with Gasteiger partial charge in [-0.05, 0) is 34.5 Å². The van der Waals surface area contributed by atoms with Crippen LogP contribution in [0.2, 0.25) is 0 Å². The second-order valence-corrected chi connectivity index (χ2v) is 7.43. The zero-order chi connectivity index (χ0) is 13.4. The van der Waals surface area contributed by atoms with Gasteiger partial charge in [0.15, 0.2) is 9.84 Å². The van der Waals surface area contributed by atoms with Crippen molar-refractivity contribution in [2.24, 2.45) is 5.73 Å². The lowest BCUT2D eigenvalue weighted by atomic mass is 9.97. The van der Waals surface area contributed by atoms with Gasteiger partial charge in [-0.2, -0.15) is 0 Å². The summed E-state index contributed by atoms with van der Waals surface area (Å²) in [5.41, 5.74) is 4.83. The van der Waals surface area contributed by atoms with Crippen molar-refractivity contribution in [2.75, 3.05) is 16.8 Å². The van der Waals surface area contributed by atoms with Crippen LogP contribution in [0.3, 0.4) is 0 Å². The first kappa shape index (κ1) is 13.4. The van der Waals surface area contributed by atoms with Gasteiger partial charge in [0, 0.05) is 10.2 Å². The number of rotatable bonds is 3. The Morgan fingerprint density at radius 3 is 2.56 bits per heavy atom. The molecule has 1 unspecified atom stereocenters. The molecule has 1 aromatic rings. The number of hydrogen-bond donors (Lipinski definition) is 2. The van der Waals surface area contributed by atoms with E-state index in [0.29, 0.717) is 5.69 Å². The summed E-state index contributed by atoms with van der Waals surface area (Å²) in [5.74, 6) is -0.913. The molecule has 0 spiro atoms. The highest BCUT2D eigenvalue weighted by Crippen LogP contribution is 2.31. The van der Waals surface area contributed by atoms with E-state index in [1.165, 1.54) is 0 Å². The number of halogens is 1. The molecule has 3 N–H and O–H groups in total. The third kappa shape index (κ3) is 2.51. The quantitative estimate of drug-likeness (QED) is 0.860. The average molecular weight is 333 g/mol. The van der Waals surface area contributed by atoms with Gasteiger partial charge in [-0.1, -0.05) is 12.1 Å². The number of primary amides is 1. The molecule has 1 saturated heterocycles. The van der Waals surface area contributed by atoms with Crippen molar-refractivity contribution in [3.05, 3.63) is 28.7 Å². The molecule has 7 heteroatoms. The Balaban J connectivity index is 2.35. The summed E-state index contributed by atoms with van der Waals surface area (Å²) in [6.07, 6.45) is 0.200. The predicted molar refractivity (Wildman–Crippen MR) is 73.0 cm³/mol. The van der Waals surface area contributed by atoms with Gasteiger partial charge in [-0.15, -0.1) is 0 Å². The van der Waals surface area contributed by atoms with Gasteiger partial charge in [0.25, 0.3) is 0 Å². The lowest BCUT2D eigenvalue weighted by Gasteiger charge is -2.27. The van der Waals surface area contributed by atoms with Crippen molar-refractivity contribution in [2.45, 2.75) is 12.0 Å². The van der Waals surface area contributed by atoms with Gasteiger partial charge >= 0.3 is 0 Å². The minimum atomic E-state index is -3.21. The Bertz CT molecular complexity index is 588. The molecule has 98 valence electrons. The number of nitrogens with one attached hydrogen (secondary N) is 1. The monoisotopic (exact) mass is 332 g/mol. The number of carbonyl (C=O) groups excluding carboxylic acids is 1. The summed E-state index contributed by atoms with van der Waals surface area (Å²) >= 11 is 3.34. The highest BCUT2D eigenvalue weighted by molar-refractivity contribution is 9.10. The van der Waals surface area contributed by atoms with E-state index in [0.717, 1.165) is 4.47 Å². The van der Waals surface area contributed by atoms with Crippen molar-refractivity contribution >= 4 is 37.4 Å². The van der Waals surface area contributed by atoms with Crippen LogP contribution in [0.25, 0.3) is 0 Å². The van der Waals surface area contributed by atoms with E-state index >= 15 is 0 Å². The van der Waals surface area contributed by atoms with E-state index in [-0.39, 0.29) is 17.9 Å². The van der Waals surface area contributed by atoms with Crippen LogP contribution in [0, 0.1) is 0 Å². The molecule has 0 bridgehead atoms. The highest BCUT2D eigenvalue weighted by atomic mass is 79.9. The van der Waals surface area contributed by atoms with Crippen LogP contribution < -0.4 is 11.1 Å². The summed E-state index contributed by atoms with van der Waals surface area (Å²) in [5, 5.41) is 2.98. The van der Waals surface area contributed by atoms with E-state index in [2.05, 4.69) is 21.2 Å². The number of benzene rings is 1. The molecule has 5 nitrogen and oxygen atoms in total. The maximum atomic E-state index is 11.6. The zero-order valence-corrected chi connectivity index (χ0v) is 11.9. The molecule has 1 aliphatic rings. The Morgan fingerprint density at radius 2 is 2.06 bits per heavy atom. The molecule has 1 heterocycles. The van der Waals surface area contributed by atoms with E-state index in [1.807, 2.05) is 6.07 Å². The summed E-state index contributed by atoms with van der Waals surface area (Å²) in [4.78, 5) is 11.6. The fourth-order valence-electron chi connectivity index (χ4n) is 2.02. The lowest BCUT2D eigenvalue weighted by Crippen LogP contribution is -2.51. The number of amides is 1. The van der Waals surface area contributed by atoms with Crippen molar-refractivity contribution in [1.82, 2.24) is 0 Å². The van der Waals surface area contributed by atoms with Gasteiger partial charge in [0.05, 0.1) is 11.5 Å². The van der Waals surface area contributed by atoms with Crippen LogP contribution in [0.1, 0.15) is 6.42 Å². The van der Waals surface area contributed by atoms with Crippen molar-refractivity contribution in [1.29, 1.82) is 0 Å². The number of anilines is 1. The maximum absolute atomic E-state index is 11.6. The smallest absolute Gasteiger partial charge is 0.244 e. The molecule has 1 aromatic carbocycles. The normalized spacial score (nSPS) is 25.8. The molecule has 0 aromatic heterocycles. The minimum Gasteiger partial charge on any atom is -0.369 e. The molecule has 1 aliphatic heterocycles. The fraction of sp³-hybridized carbons (Fsp3) is 0.364. The average Bonchev–Trinajstić information content (AvgIpc) is 2.59. The predicted octanol–water partition coefficient (Wildman–Crippen LogP) is 0.904. The Morgan fingerprint density at radius 1 is 1.39 bits per heavy atom. The second kappa shape index (κ2) is 4.55. The molecule has 1 amide bonds. The largest absolute Gasteiger partial charge is 0.369 e. The topological polar surface area (TPSA) is 89.3 Å². The van der Waals surface area contributed by atoms with Gasteiger partial charge in [-0.3, -0.25) is 4.79 Å². The van der Waals surface area contributed by atoms with Crippen LogP contribution in [0.5, 0.6) is 0 Å². The highest BCUT2D eigenvalue weighted by Gasteiger charge is 2.47. The third-order valence-electron chi connectivity index (χ3n) is 3.03. The molecule has 0 aliphatic carbocycles. The molecule has 1 fully saturated rings. The standard InChI is InChI=1S/C11H13BrN2O3S/c12-8-3-1-2-4-9(8)14-11(10(13)15)5-6-18(16,17)7-11/h1-4,14H,5-7H2,(H2,13,15).